The maximum atomic E-state index is 2.28. The number of allylic oxidation sites excluding steroid dienone is 3. The summed E-state index contributed by atoms with van der Waals surface area (Å²) in [6.45, 7) is 0. The molecular weight excluding hydrogens is 148 g/mol. The van der Waals surface area contributed by atoms with Gasteiger partial charge in [-0.1, -0.05) is 6.08 Å². The van der Waals surface area contributed by atoms with Crippen molar-refractivity contribution in [3.8, 4) is 0 Å². The van der Waals surface area contributed by atoms with Crippen LogP contribution in [0.5, 0.6) is 0 Å². The van der Waals surface area contributed by atoms with Crippen molar-refractivity contribution < 1.29 is 0 Å². The van der Waals surface area contributed by atoms with Crippen LogP contribution in [0, 0.1) is 0 Å². The zero-order valence-electron chi connectivity index (χ0n) is 8.46. The lowest BCUT2D eigenvalue weighted by molar-refractivity contribution is 0.465. The molecule has 0 aromatic heterocycles. The topological polar surface area (TPSA) is 6.48 Å². The molecule has 0 unspecified atom stereocenters. The molecular formula is C10H18N2. The minimum atomic E-state index is 1.16. The van der Waals surface area contributed by atoms with Crippen molar-refractivity contribution in [2.75, 3.05) is 28.2 Å². The molecule has 0 aliphatic heterocycles. The number of likely N-dealkylation sites (N-methyl/N-ethyl adjacent to an activating group) is 1. The van der Waals surface area contributed by atoms with Crippen molar-refractivity contribution in [2.45, 2.75) is 12.8 Å². The second-order valence-corrected chi connectivity index (χ2v) is 3.59. The Hall–Kier alpha value is -0.920. The summed E-state index contributed by atoms with van der Waals surface area (Å²) < 4.78 is 0. The Bertz CT molecular complexity index is 212. The molecule has 68 valence electrons. The first-order chi connectivity index (χ1) is 5.61. The molecule has 12 heavy (non-hydrogen) atoms. The molecule has 0 saturated carbocycles. The van der Waals surface area contributed by atoms with E-state index in [1.165, 1.54) is 17.8 Å². The van der Waals surface area contributed by atoms with Crippen molar-refractivity contribution >= 4 is 0 Å². The van der Waals surface area contributed by atoms with E-state index in [9.17, 15) is 0 Å². The lowest BCUT2D eigenvalue weighted by Gasteiger charge is -2.24. The van der Waals surface area contributed by atoms with Crippen LogP contribution < -0.4 is 0 Å². The first-order valence-electron chi connectivity index (χ1n) is 4.36. The zero-order chi connectivity index (χ0) is 9.14. The molecule has 0 amide bonds. The Balaban J connectivity index is 2.74. The summed E-state index contributed by atoms with van der Waals surface area (Å²) in [5.74, 6) is 0. The maximum absolute atomic E-state index is 2.28. The van der Waals surface area contributed by atoms with E-state index in [1.807, 2.05) is 0 Å². The molecule has 0 spiro atoms. The van der Waals surface area contributed by atoms with Gasteiger partial charge in [0.1, 0.15) is 0 Å². The predicted octanol–water partition coefficient (Wildman–Crippen LogP) is 1.67. The van der Waals surface area contributed by atoms with E-state index in [-0.39, 0.29) is 0 Å². The second-order valence-electron chi connectivity index (χ2n) is 3.59. The van der Waals surface area contributed by atoms with Crippen molar-refractivity contribution in [3.63, 3.8) is 0 Å². The highest BCUT2D eigenvalue weighted by Gasteiger charge is 2.07. The summed E-state index contributed by atoms with van der Waals surface area (Å²) in [6.07, 6.45) is 6.87. The molecule has 0 atom stereocenters. The standard InChI is InChI=1S/C10H18N2/c1-11(2)9-6-5-7-10(8-9)12(3)4/h6,8H,5,7H2,1-4H3. The summed E-state index contributed by atoms with van der Waals surface area (Å²) in [5.41, 5.74) is 2.74. The van der Waals surface area contributed by atoms with Gasteiger partial charge in [-0.25, -0.2) is 0 Å². The highest BCUT2D eigenvalue weighted by atomic mass is 15.1. The van der Waals surface area contributed by atoms with Crippen molar-refractivity contribution in [2.24, 2.45) is 0 Å². The van der Waals surface area contributed by atoms with Crippen molar-refractivity contribution in [1.29, 1.82) is 0 Å². The van der Waals surface area contributed by atoms with Crippen LogP contribution >= 0.6 is 0 Å². The fraction of sp³-hybridized carbons (Fsp3) is 0.600. The molecule has 2 heteroatoms. The van der Waals surface area contributed by atoms with Crippen LogP contribution in [0.25, 0.3) is 0 Å². The lowest BCUT2D eigenvalue weighted by Crippen LogP contribution is -2.17. The van der Waals surface area contributed by atoms with Gasteiger partial charge in [-0.2, -0.15) is 0 Å². The van der Waals surface area contributed by atoms with Crippen LogP contribution in [0.3, 0.4) is 0 Å². The van der Waals surface area contributed by atoms with E-state index in [1.54, 1.807) is 0 Å². The van der Waals surface area contributed by atoms with Crippen LogP contribution in [0.4, 0.5) is 0 Å². The molecule has 1 aliphatic rings. The highest BCUT2D eigenvalue weighted by molar-refractivity contribution is 5.25. The van der Waals surface area contributed by atoms with Crippen LogP contribution in [0.2, 0.25) is 0 Å². The smallest absolute Gasteiger partial charge is 0.0337 e. The molecule has 0 heterocycles. The molecule has 0 aromatic rings. The summed E-state index contributed by atoms with van der Waals surface area (Å²) in [7, 11) is 8.37. The van der Waals surface area contributed by atoms with E-state index in [4.69, 9.17) is 0 Å². The number of hydrogen-bond donors (Lipinski definition) is 0. The monoisotopic (exact) mass is 166 g/mol. The molecule has 1 rings (SSSR count). The first kappa shape index (κ1) is 9.17. The Morgan fingerprint density at radius 2 is 1.75 bits per heavy atom. The molecule has 0 radical (unpaired) electrons. The summed E-state index contributed by atoms with van der Waals surface area (Å²) in [6, 6.07) is 0. The third-order valence-electron chi connectivity index (χ3n) is 2.16. The molecule has 1 aliphatic carbocycles. The predicted molar refractivity (Wildman–Crippen MR) is 52.8 cm³/mol. The summed E-state index contributed by atoms with van der Waals surface area (Å²) in [5, 5.41) is 0. The Morgan fingerprint density at radius 1 is 1.08 bits per heavy atom. The molecule has 0 fully saturated rings. The lowest BCUT2D eigenvalue weighted by atomic mass is 10.1. The fourth-order valence-corrected chi connectivity index (χ4v) is 1.33. The van der Waals surface area contributed by atoms with E-state index in [0.717, 1.165) is 6.42 Å². The fourth-order valence-electron chi connectivity index (χ4n) is 1.33. The van der Waals surface area contributed by atoms with Crippen molar-refractivity contribution in [1.82, 2.24) is 9.80 Å². The van der Waals surface area contributed by atoms with Gasteiger partial charge in [-0.15, -0.1) is 0 Å². The SMILES string of the molecule is CN(C)C1=CCCC(N(C)C)=C1. The molecule has 0 aromatic carbocycles. The Kier molecular flexibility index (Phi) is 2.79. The van der Waals surface area contributed by atoms with Gasteiger partial charge in [0.15, 0.2) is 0 Å². The van der Waals surface area contributed by atoms with Gasteiger partial charge in [0.05, 0.1) is 0 Å². The molecule has 0 N–H and O–H groups in total. The van der Waals surface area contributed by atoms with Gasteiger partial charge >= 0.3 is 0 Å². The van der Waals surface area contributed by atoms with Gasteiger partial charge < -0.3 is 9.80 Å². The van der Waals surface area contributed by atoms with Gasteiger partial charge in [-0.05, 0) is 18.9 Å². The van der Waals surface area contributed by atoms with Gasteiger partial charge in [0, 0.05) is 39.6 Å². The van der Waals surface area contributed by atoms with E-state index in [0.29, 0.717) is 0 Å². The van der Waals surface area contributed by atoms with Gasteiger partial charge in [0.2, 0.25) is 0 Å². The van der Waals surface area contributed by atoms with E-state index in [2.05, 4.69) is 50.1 Å². The largest absolute Gasteiger partial charge is 0.381 e. The third-order valence-corrected chi connectivity index (χ3v) is 2.16. The van der Waals surface area contributed by atoms with Crippen LogP contribution in [-0.4, -0.2) is 38.0 Å². The third kappa shape index (κ3) is 2.03. The molecule has 0 saturated heterocycles. The Labute approximate surface area is 75.2 Å². The first-order valence-corrected chi connectivity index (χ1v) is 4.36. The van der Waals surface area contributed by atoms with Crippen LogP contribution in [-0.2, 0) is 0 Å². The summed E-state index contributed by atoms with van der Waals surface area (Å²) >= 11 is 0. The van der Waals surface area contributed by atoms with Crippen LogP contribution in [0.15, 0.2) is 23.5 Å². The Morgan fingerprint density at radius 3 is 2.25 bits per heavy atom. The summed E-state index contributed by atoms with van der Waals surface area (Å²) in [4.78, 5) is 4.35. The second kappa shape index (κ2) is 3.65. The number of nitrogens with zero attached hydrogens (tertiary/aromatic N) is 2. The average Bonchev–Trinajstić information content (AvgIpc) is 2.04. The molecule has 2 nitrogen and oxygen atoms in total. The maximum Gasteiger partial charge on any atom is 0.0337 e. The minimum absolute atomic E-state index is 1.16. The van der Waals surface area contributed by atoms with Gasteiger partial charge in [-0.3, -0.25) is 0 Å². The van der Waals surface area contributed by atoms with E-state index >= 15 is 0 Å². The zero-order valence-corrected chi connectivity index (χ0v) is 8.46. The van der Waals surface area contributed by atoms with Crippen molar-refractivity contribution in [3.05, 3.63) is 23.5 Å². The minimum Gasteiger partial charge on any atom is -0.381 e. The highest BCUT2D eigenvalue weighted by Crippen LogP contribution is 2.19. The average molecular weight is 166 g/mol. The van der Waals surface area contributed by atoms with Gasteiger partial charge in [0.25, 0.3) is 0 Å². The molecule has 0 bridgehead atoms. The quantitative estimate of drug-likeness (QED) is 0.615. The number of hydrogen-bond acceptors (Lipinski definition) is 2. The van der Waals surface area contributed by atoms with E-state index < -0.39 is 0 Å². The normalized spacial score (nSPS) is 16.7. The number of rotatable bonds is 2. The van der Waals surface area contributed by atoms with Crippen LogP contribution in [0.1, 0.15) is 12.8 Å².